The minimum absolute atomic E-state index is 0.239. The molecule has 4 heteroatoms. The maximum Gasteiger partial charge on any atom is 0.228 e. The van der Waals surface area contributed by atoms with Gasteiger partial charge in [-0.25, -0.2) is 0 Å². The topological polar surface area (TPSA) is 41.6 Å². The van der Waals surface area contributed by atoms with E-state index in [0.29, 0.717) is 17.9 Å². The van der Waals surface area contributed by atoms with Gasteiger partial charge in [-0.3, -0.25) is 4.79 Å². The summed E-state index contributed by atoms with van der Waals surface area (Å²) in [4.78, 5) is 14.0. The van der Waals surface area contributed by atoms with Crippen molar-refractivity contribution in [2.75, 3.05) is 32.8 Å². The number of nitrogens with zero attached hydrogens (tertiary/aromatic N) is 1. The first-order chi connectivity index (χ1) is 8.16. The number of carbonyl (C=O) groups is 1. The highest BCUT2D eigenvalue weighted by Crippen LogP contribution is 2.18. The highest BCUT2D eigenvalue weighted by Gasteiger charge is 2.31. The third-order valence-electron chi connectivity index (χ3n) is 3.55. The molecule has 2 fully saturated rings. The summed E-state index contributed by atoms with van der Waals surface area (Å²) in [5.74, 6) is 1.17. The maximum atomic E-state index is 12.0. The molecular weight excluding hydrogens is 216 g/mol. The number of rotatable bonds is 4. The van der Waals surface area contributed by atoms with E-state index in [4.69, 9.17) is 4.74 Å². The fraction of sp³-hybridized carbons (Fsp3) is 0.923. The third kappa shape index (κ3) is 3.42. The molecule has 2 aliphatic heterocycles. The van der Waals surface area contributed by atoms with Crippen molar-refractivity contribution in [2.24, 2.45) is 11.8 Å². The normalized spacial score (nSPS) is 22.9. The van der Waals surface area contributed by atoms with Gasteiger partial charge in [0.15, 0.2) is 0 Å². The molecule has 98 valence electrons. The van der Waals surface area contributed by atoms with Crippen molar-refractivity contribution < 1.29 is 9.53 Å². The molecule has 0 aromatic heterocycles. The van der Waals surface area contributed by atoms with Crippen molar-refractivity contribution >= 4 is 5.91 Å². The number of hydrogen-bond acceptors (Lipinski definition) is 3. The Labute approximate surface area is 104 Å². The van der Waals surface area contributed by atoms with Gasteiger partial charge in [0.05, 0.1) is 12.0 Å². The smallest absolute Gasteiger partial charge is 0.228 e. The number of nitrogens with one attached hydrogen (secondary N) is 1. The Morgan fingerprint density at radius 1 is 1.35 bits per heavy atom. The van der Waals surface area contributed by atoms with E-state index in [2.05, 4.69) is 19.2 Å². The molecule has 1 N–H and O–H groups in total. The third-order valence-corrected chi connectivity index (χ3v) is 3.55. The van der Waals surface area contributed by atoms with Crippen molar-refractivity contribution in [2.45, 2.75) is 32.8 Å². The molecule has 17 heavy (non-hydrogen) atoms. The second-order valence-corrected chi connectivity index (χ2v) is 5.61. The van der Waals surface area contributed by atoms with Crippen LogP contribution in [0.4, 0.5) is 0 Å². The van der Waals surface area contributed by atoms with Gasteiger partial charge in [-0.15, -0.1) is 0 Å². The zero-order valence-corrected chi connectivity index (χ0v) is 10.9. The summed E-state index contributed by atoms with van der Waals surface area (Å²) in [6.07, 6.45) is 2.36. The average Bonchev–Trinajstić information content (AvgIpc) is 2.24. The Morgan fingerprint density at radius 2 is 2.00 bits per heavy atom. The molecular formula is C13H24N2O2. The Balaban J connectivity index is 1.68. The average molecular weight is 240 g/mol. The van der Waals surface area contributed by atoms with Crippen molar-refractivity contribution in [1.82, 2.24) is 10.2 Å². The van der Waals surface area contributed by atoms with Gasteiger partial charge in [0.25, 0.3) is 0 Å². The molecule has 4 nitrogen and oxygen atoms in total. The quantitative estimate of drug-likeness (QED) is 0.793. The minimum Gasteiger partial charge on any atom is -0.378 e. The molecule has 2 rings (SSSR count). The van der Waals surface area contributed by atoms with E-state index in [1.165, 1.54) is 0 Å². The number of ether oxygens (including phenoxy) is 1. The lowest BCUT2D eigenvalue weighted by Crippen LogP contribution is -2.54. The lowest BCUT2D eigenvalue weighted by Gasteiger charge is -2.37. The summed E-state index contributed by atoms with van der Waals surface area (Å²) in [6, 6.07) is 0. The highest BCUT2D eigenvalue weighted by molar-refractivity contribution is 5.80. The lowest BCUT2D eigenvalue weighted by atomic mass is 9.99. The van der Waals surface area contributed by atoms with E-state index in [9.17, 15) is 4.79 Å². The first kappa shape index (κ1) is 12.8. The summed E-state index contributed by atoms with van der Waals surface area (Å²) in [7, 11) is 0. The monoisotopic (exact) mass is 240 g/mol. The standard InChI is InChI=1S/C13H24N2O2/c1-10(2)9-17-12-3-5-15(6-4-12)13(16)11-7-14-8-11/h10-12,14H,3-9H2,1-2H3. The van der Waals surface area contributed by atoms with E-state index < -0.39 is 0 Å². The number of likely N-dealkylation sites (tertiary alicyclic amines) is 1. The molecule has 2 heterocycles. The molecule has 0 aromatic rings. The summed E-state index contributed by atoms with van der Waals surface area (Å²) >= 11 is 0. The van der Waals surface area contributed by atoms with Crippen molar-refractivity contribution in [1.29, 1.82) is 0 Å². The van der Waals surface area contributed by atoms with Gasteiger partial charge >= 0.3 is 0 Å². The van der Waals surface area contributed by atoms with E-state index >= 15 is 0 Å². The van der Waals surface area contributed by atoms with Crippen LogP contribution >= 0.6 is 0 Å². The van der Waals surface area contributed by atoms with E-state index in [0.717, 1.165) is 45.6 Å². The Bertz CT molecular complexity index is 256. The first-order valence-corrected chi connectivity index (χ1v) is 6.78. The van der Waals surface area contributed by atoms with Crippen LogP contribution in [0.5, 0.6) is 0 Å². The molecule has 0 atom stereocenters. The maximum absolute atomic E-state index is 12.0. The van der Waals surface area contributed by atoms with E-state index in [1.54, 1.807) is 0 Å². The van der Waals surface area contributed by atoms with Crippen LogP contribution in [0, 0.1) is 11.8 Å². The van der Waals surface area contributed by atoms with Gasteiger partial charge in [0.1, 0.15) is 0 Å². The van der Waals surface area contributed by atoms with Crippen LogP contribution in [-0.4, -0.2) is 49.7 Å². The zero-order valence-electron chi connectivity index (χ0n) is 10.9. The lowest BCUT2D eigenvalue weighted by molar-refractivity contribution is -0.139. The van der Waals surface area contributed by atoms with Crippen molar-refractivity contribution in [3.8, 4) is 0 Å². The second kappa shape index (κ2) is 5.83. The van der Waals surface area contributed by atoms with E-state index in [1.807, 2.05) is 4.90 Å². The first-order valence-electron chi connectivity index (χ1n) is 6.78. The Morgan fingerprint density at radius 3 is 2.47 bits per heavy atom. The number of hydrogen-bond donors (Lipinski definition) is 1. The molecule has 0 bridgehead atoms. The molecule has 0 saturated carbocycles. The fourth-order valence-electron chi connectivity index (χ4n) is 2.29. The molecule has 0 unspecified atom stereocenters. The predicted octanol–water partition coefficient (Wildman–Crippen LogP) is 0.869. The van der Waals surface area contributed by atoms with E-state index in [-0.39, 0.29) is 5.92 Å². The number of amides is 1. The summed E-state index contributed by atoms with van der Waals surface area (Å²) in [5, 5.41) is 3.15. The van der Waals surface area contributed by atoms with Crippen LogP contribution in [0.25, 0.3) is 0 Å². The van der Waals surface area contributed by atoms with Gasteiger partial charge in [0, 0.05) is 32.8 Å². The Kier molecular flexibility index (Phi) is 4.40. The van der Waals surface area contributed by atoms with Crippen molar-refractivity contribution in [3.05, 3.63) is 0 Å². The van der Waals surface area contributed by atoms with Crippen molar-refractivity contribution in [3.63, 3.8) is 0 Å². The molecule has 2 saturated heterocycles. The van der Waals surface area contributed by atoms with Gasteiger partial charge in [-0.05, 0) is 18.8 Å². The zero-order chi connectivity index (χ0) is 12.3. The summed E-state index contributed by atoms with van der Waals surface area (Å²) in [6.45, 7) is 8.65. The summed E-state index contributed by atoms with van der Waals surface area (Å²) < 4.78 is 5.82. The van der Waals surface area contributed by atoms with Crippen LogP contribution in [0.2, 0.25) is 0 Å². The van der Waals surface area contributed by atoms with Gasteiger partial charge < -0.3 is 15.0 Å². The molecule has 0 aliphatic carbocycles. The number of carbonyl (C=O) groups excluding carboxylic acids is 1. The van der Waals surface area contributed by atoms with Gasteiger partial charge in [0.2, 0.25) is 5.91 Å². The molecule has 1 amide bonds. The molecule has 0 aromatic carbocycles. The SMILES string of the molecule is CC(C)COC1CCN(C(=O)C2CNC2)CC1. The minimum atomic E-state index is 0.239. The van der Waals surface area contributed by atoms with Crippen LogP contribution in [0.3, 0.4) is 0 Å². The summed E-state index contributed by atoms with van der Waals surface area (Å²) in [5.41, 5.74) is 0. The van der Waals surface area contributed by atoms with Crippen LogP contribution in [0.15, 0.2) is 0 Å². The second-order valence-electron chi connectivity index (χ2n) is 5.61. The fourth-order valence-corrected chi connectivity index (χ4v) is 2.29. The van der Waals surface area contributed by atoms with Crippen LogP contribution < -0.4 is 5.32 Å². The number of piperidine rings is 1. The predicted molar refractivity (Wildman–Crippen MR) is 66.8 cm³/mol. The largest absolute Gasteiger partial charge is 0.378 e. The Hall–Kier alpha value is -0.610. The molecule has 2 aliphatic rings. The van der Waals surface area contributed by atoms with Gasteiger partial charge in [-0.1, -0.05) is 13.8 Å². The van der Waals surface area contributed by atoms with Crippen LogP contribution in [0.1, 0.15) is 26.7 Å². The van der Waals surface area contributed by atoms with Crippen LogP contribution in [-0.2, 0) is 9.53 Å². The highest BCUT2D eigenvalue weighted by atomic mass is 16.5. The molecule has 0 radical (unpaired) electrons. The molecule has 0 spiro atoms. The van der Waals surface area contributed by atoms with Gasteiger partial charge in [-0.2, -0.15) is 0 Å².